The van der Waals surface area contributed by atoms with E-state index >= 15 is 0 Å². The van der Waals surface area contributed by atoms with E-state index in [4.69, 9.17) is 24.2 Å². The Hall–Kier alpha value is -2.17. The molecule has 1 unspecified atom stereocenters. The highest BCUT2D eigenvalue weighted by atomic mass is 16.6. The molecule has 1 aromatic rings. The molecule has 1 N–H and O–H groups in total. The molecule has 10 heteroatoms. The van der Waals surface area contributed by atoms with Crippen LogP contribution in [0.15, 0.2) is 0 Å². The summed E-state index contributed by atoms with van der Waals surface area (Å²) in [4.78, 5) is 29.4. The minimum atomic E-state index is -0.519. The summed E-state index contributed by atoms with van der Waals surface area (Å²) in [7, 11) is 0. The Morgan fingerprint density at radius 1 is 1.13 bits per heavy atom. The van der Waals surface area contributed by atoms with Crippen LogP contribution in [0.2, 0.25) is 0 Å². The lowest BCUT2D eigenvalue weighted by Crippen LogP contribution is -2.60. The zero-order valence-corrected chi connectivity index (χ0v) is 24.3. The number of morpholine rings is 1. The highest BCUT2D eigenvalue weighted by molar-refractivity contribution is 5.70. The predicted molar refractivity (Wildman–Crippen MR) is 148 cm³/mol. The van der Waals surface area contributed by atoms with Crippen molar-refractivity contribution in [3.63, 3.8) is 0 Å². The van der Waals surface area contributed by atoms with Gasteiger partial charge in [0.05, 0.1) is 37.6 Å². The standard InChI is InChI=1S/C28H48N6O4/c1-7-9-22-16-23-24(17-29-22)30-26(37-13-8-10-32-11-14-36-15-12-32)31-25(23)33-18-20(2)34(21(3)19-33)27(35)38-28(4,5)6/h20-22,29H,7-19H2,1-6H3/t20-,21+,22?. The number of nitrogens with one attached hydrogen (secondary N) is 1. The number of nitrogens with zero attached hydrogens (tertiary/aromatic N) is 5. The maximum atomic E-state index is 13.0. The van der Waals surface area contributed by atoms with Crippen molar-refractivity contribution >= 4 is 11.9 Å². The average Bonchev–Trinajstić information content (AvgIpc) is 2.85. The molecule has 2 fully saturated rings. The summed E-state index contributed by atoms with van der Waals surface area (Å²) in [6, 6.07) is 0.856. The van der Waals surface area contributed by atoms with Gasteiger partial charge in [-0.15, -0.1) is 0 Å². The van der Waals surface area contributed by atoms with Crippen molar-refractivity contribution in [3.05, 3.63) is 11.3 Å². The minimum absolute atomic E-state index is 0.00902. The molecule has 0 bridgehead atoms. The largest absolute Gasteiger partial charge is 0.463 e. The number of aromatic nitrogens is 2. The van der Waals surface area contributed by atoms with Crippen molar-refractivity contribution in [2.75, 3.05) is 57.4 Å². The van der Waals surface area contributed by atoms with Gasteiger partial charge in [0.25, 0.3) is 0 Å². The molecule has 10 nitrogen and oxygen atoms in total. The zero-order valence-electron chi connectivity index (χ0n) is 24.3. The van der Waals surface area contributed by atoms with Gasteiger partial charge in [0, 0.05) is 50.9 Å². The molecule has 3 atom stereocenters. The lowest BCUT2D eigenvalue weighted by atomic mass is 9.96. The topological polar surface area (TPSA) is 92.3 Å². The molecule has 0 aliphatic carbocycles. The van der Waals surface area contributed by atoms with Crippen molar-refractivity contribution in [2.24, 2.45) is 0 Å². The summed E-state index contributed by atoms with van der Waals surface area (Å²) in [5.74, 6) is 0.961. The Balaban J connectivity index is 1.49. The maximum Gasteiger partial charge on any atom is 0.410 e. The van der Waals surface area contributed by atoms with Crippen molar-refractivity contribution in [1.29, 1.82) is 0 Å². The summed E-state index contributed by atoms with van der Waals surface area (Å²) in [6.07, 6.45) is 3.84. The van der Waals surface area contributed by atoms with Crippen LogP contribution in [0.5, 0.6) is 6.01 Å². The summed E-state index contributed by atoms with van der Waals surface area (Å²) < 4.78 is 17.3. The molecular formula is C28H48N6O4. The summed E-state index contributed by atoms with van der Waals surface area (Å²) >= 11 is 0. The lowest BCUT2D eigenvalue weighted by molar-refractivity contribution is 0.00557. The van der Waals surface area contributed by atoms with E-state index in [1.807, 2.05) is 25.7 Å². The molecule has 0 saturated carbocycles. The number of anilines is 1. The fraction of sp³-hybridized carbons (Fsp3) is 0.821. The summed E-state index contributed by atoms with van der Waals surface area (Å²) in [6.45, 7) is 19.4. The molecule has 0 spiro atoms. The van der Waals surface area contributed by atoms with Gasteiger partial charge < -0.3 is 24.4 Å². The highest BCUT2D eigenvalue weighted by Gasteiger charge is 2.37. The van der Waals surface area contributed by atoms with Gasteiger partial charge in [-0.1, -0.05) is 13.3 Å². The third kappa shape index (κ3) is 7.48. The first kappa shape index (κ1) is 28.8. The van der Waals surface area contributed by atoms with Crippen LogP contribution in [-0.4, -0.2) is 102 Å². The van der Waals surface area contributed by atoms with Gasteiger partial charge in [-0.05, 0) is 53.9 Å². The van der Waals surface area contributed by atoms with Gasteiger partial charge in [0.2, 0.25) is 0 Å². The smallest absolute Gasteiger partial charge is 0.410 e. The lowest BCUT2D eigenvalue weighted by Gasteiger charge is -2.45. The van der Waals surface area contributed by atoms with Crippen LogP contribution < -0.4 is 15.0 Å². The predicted octanol–water partition coefficient (Wildman–Crippen LogP) is 3.23. The third-order valence-electron chi connectivity index (χ3n) is 7.47. The van der Waals surface area contributed by atoms with E-state index in [9.17, 15) is 4.79 Å². The van der Waals surface area contributed by atoms with Crippen molar-refractivity contribution in [1.82, 2.24) is 25.1 Å². The van der Waals surface area contributed by atoms with Crippen molar-refractivity contribution in [3.8, 4) is 6.01 Å². The van der Waals surface area contributed by atoms with Crippen molar-refractivity contribution < 1.29 is 19.0 Å². The third-order valence-corrected chi connectivity index (χ3v) is 7.47. The molecule has 214 valence electrons. The van der Waals surface area contributed by atoms with Gasteiger partial charge in [0.15, 0.2) is 0 Å². The van der Waals surface area contributed by atoms with Crippen LogP contribution in [-0.2, 0) is 22.4 Å². The van der Waals surface area contributed by atoms with Gasteiger partial charge in [0.1, 0.15) is 11.4 Å². The van der Waals surface area contributed by atoms with Crippen LogP contribution in [0.25, 0.3) is 0 Å². The van der Waals surface area contributed by atoms with Gasteiger partial charge in [-0.25, -0.2) is 4.79 Å². The number of hydrogen-bond donors (Lipinski definition) is 1. The fourth-order valence-corrected chi connectivity index (χ4v) is 5.74. The Kier molecular flexibility index (Phi) is 9.70. The molecular weight excluding hydrogens is 484 g/mol. The number of piperazine rings is 1. The second kappa shape index (κ2) is 12.8. The van der Waals surface area contributed by atoms with Gasteiger partial charge in [-0.3, -0.25) is 9.80 Å². The highest BCUT2D eigenvalue weighted by Crippen LogP contribution is 2.31. The van der Waals surface area contributed by atoms with Crippen LogP contribution >= 0.6 is 0 Å². The van der Waals surface area contributed by atoms with Gasteiger partial charge in [-0.2, -0.15) is 9.97 Å². The number of rotatable bonds is 8. The Labute approximate surface area is 228 Å². The van der Waals surface area contributed by atoms with E-state index in [2.05, 4.69) is 35.9 Å². The molecule has 0 aromatic carbocycles. The Bertz CT molecular complexity index is 921. The minimum Gasteiger partial charge on any atom is -0.463 e. The molecule has 38 heavy (non-hydrogen) atoms. The van der Waals surface area contributed by atoms with Crippen LogP contribution in [0.4, 0.5) is 10.6 Å². The van der Waals surface area contributed by atoms with E-state index in [0.29, 0.717) is 31.7 Å². The monoisotopic (exact) mass is 532 g/mol. The zero-order chi connectivity index (χ0) is 27.3. The van der Waals surface area contributed by atoms with Crippen LogP contribution in [0, 0.1) is 0 Å². The quantitative estimate of drug-likeness (QED) is 0.507. The van der Waals surface area contributed by atoms with Crippen LogP contribution in [0.1, 0.15) is 72.1 Å². The Morgan fingerprint density at radius 3 is 2.50 bits per heavy atom. The van der Waals surface area contributed by atoms with E-state index in [1.54, 1.807) is 0 Å². The number of carbonyl (C=O) groups is 1. The Morgan fingerprint density at radius 2 is 1.84 bits per heavy atom. The molecule has 3 aliphatic rings. The summed E-state index contributed by atoms with van der Waals surface area (Å²) in [5.41, 5.74) is 1.72. The maximum absolute atomic E-state index is 13.0. The molecule has 0 radical (unpaired) electrons. The number of amides is 1. The second-order valence-electron chi connectivity index (χ2n) is 12.0. The number of ether oxygens (including phenoxy) is 3. The van der Waals surface area contributed by atoms with E-state index < -0.39 is 5.60 Å². The second-order valence-corrected chi connectivity index (χ2v) is 12.0. The first-order valence-electron chi connectivity index (χ1n) is 14.5. The SMILES string of the molecule is CCCC1Cc2c(nc(OCCCN3CCOCC3)nc2N2C[C@@H](C)N(C(=O)OC(C)(C)C)[C@@H](C)C2)CN1. The van der Waals surface area contributed by atoms with Gasteiger partial charge >= 0.3 is 12.1 Å². The van der Waals surface area contributed by atoms with Crippen molar-refractivity contribution in [2.45, 2.75) is 97.5 Å². The molecule has 2 saturated heterocycles. The number of hydrogen-bond acceptors (Lipinski definition) is 9. The van der Waals surface area contributed by atoms with E-state index in [1.165, 1.54) is 5.56 Å². The molecule has 1 aromatic heterocycles. The average molecular weight is 533 g/mol. The van der Waals surface area contributed by atoms with Crippen LogP contribution in [0.3, 0.4) is 0 Å². The number of carbonyl (C=O) groups excluding carboxylic acids is 1. The molecule has 4 rings (SSSR count). The molecule has 1 amide bonds. The number of fused-ring (bicyclic) bond motifs is 1. The normalized spacial score (nSPS) is 24.7. The molecule has 3 aliphatic heterocycles. The fourth-order valence-electron chi connectivity index (χ4n) is 5.74. The van der Waals surface area contributed by atoms with E-state index in [-0.39, 0.29) is 18.2 Å². The molecule has 4 heterocycles. The first-order chi connectivity index (χ1) is 18.1. The first-order valence-corrected chi connectivity index (χ1v) is 14.5. The summed E-state index contributed by atoms with van der Waals surface area (Å²) in [5, 5.41) is 3.65. The van der Waals surface area contributed by atoms with E-state index in [0.717, 1.165) is 76.6 Å².